The molecule has 0 aromatic heterocycles. The predicted molar refractivity (Wildman–Crippen MR) is 84.4 cm³/mol. The average Bonchev–Trinajstić information content (AvgIpc) is 2.40. The number of nitrogens with zero attached hydrogens (tertiary/aromatic N) is 1. The smallest absolute Gasteiger partial charge is 0.338 e. The number of anilines is 1. The molecule has 0 saturated carbocycles. The lowest BCUT2D eigenvalue weighted by molar-refractivity contribution is 0.0697. The number of carboxylic acids is 1. The van der Waals surface area contributed by atoms with Gasteiger partial charge in [0, 0.05) is 16.7 Å². The lowest BCUT2D eigenvalue weighted by Gasteiger charge is -2.29. The molecule has 4 nitrogen and oxygen atoms in total. The normalized spacial score (nSPS) is 17.1. The van der Waals surface area contributed by atoms with Gasteiger partial charge in [0.2, 0.25) is 0 Å². The van der Waals surface area contributed by atoms with E-state index in [-0.39, 0.29) is 0 Å². The third-order valence-electron chi connectivity index (χ3n) is 3.93. The summed E-state index contributed by atoms with van der Waals surface area (Å²) in [6.45, 7) is 3.16. The first-order chi connectivity index (χ1) is 9.58. The van der Waals surface area contributed by atoms with Gasteiger partial charge in [0.15, 0.2) is 0 Å². The standard InChI is InChI=1S/C15H21BrN2O2/c1-18-9-6-11(7-10-18)5-8-17-13-4-2-3-12(16)14(13)15(19)20/h2-4,11,17H,5-10H2,1H3,(H,19,20). The summed E-state index contributed by atoms with van der Waals surface area (Å²) in [4.78, 5) is 13.6. The van der Waals surface area contributed by atoms with Crippen LogP contribution in [0.25, 0.3) is 0 Å². The minimum Gasteiger partial charge on any atom is -0.478 e. The van der Waals surface area contributed by atoms with E-state index in [0.717, 1.165) is 18.9 Å². The molecule has 0 aliphatic carbocycles. The summed E-state index contributed by atoms with van der Waals surface area (Å²) in [7, 11) is 2.16. The van der Waals surface area contributed by atoms with Gasteiger partial charge < -0.3 is 15.3 Å². The van der Waals surface area contributed by atoms with E-state index in [1.54, 1.807) is 6.07 Å². The van der Waals surface area contributed by atoms with E-state index >= 15 is 0 Å². The highest BCUT2D eigenvalue weighted by Gasteiger charge is 2.17. The van der Waals surface area contributed by atoms with Crippen LogP contribution in [-0.2, 0) is 0 Å². The highest BCUT2D eigenvalue weighted by Crippen LogP contribution is 2.25. The first-order valence-electron chi connectivity index (χ1n) is 7.02. The molecule has 1 heterocycles. The Balaban J connectivity index is 1.88. The van der Waals surface area contributed by atoms with Crippen LogP contribution in [0.2, 0.25) is 0 Å². The Labute approximate surface area is 128 Å². The third-order valence-corrected chi connectivity index (χ3v) is 4.59. The van der Waals surface area contributed by atoms with Crippen LogP contribution in [0.3, 0.4) is 0 Å². The zero-order chi connectivity index (χ0) is 14.5. The summed E-state index contributed by atoms with van der Waals surface area (Å²) in [5.74, 6) is -0.154. The number of halogens is 1. The summed E-state index contributed by atoms with van der Waals surface area (Å²) in [5.41, 5.74) is 1.01. The first kappa shape index (κ1) is 15.3. The molecule has 0 bridgehead atoms. The molecule has 0 spiro atoms. The van der Waals surface area contributed by atoms with Crippen molar-refractivity contribution >= 4 is 27.6 Å². The van der Waals surface area contributed by atoms with Crippen LogP contribution in [-0.4, -0.2) is 42.7 Å². The number of carbonyl (C=O) groups is 1. The highest BCUT2D eigenvalue weighted by molar-refractivity contribution is 9.10. The maximum Gasteiger partial charge on any atom is 0.338 e. The van der Waals surface area contributed by atoms with Gasteiger partial charge in [-0.25, -0.2) is 4.79 Å². The van der Waals surface area contributed by atoms with Crippen LogP contribution < -0.4 is 5.32 Å². The van der Waals surface area contributed by atoms with Crippen LogP contribution in [0.1, 0.15) is 29.6 Å². The van der Waals surface area contributed by atoms with Crippen molar-refractivity contribution < 1.29 is 9.90 Å². The highest BCUT2D eigenvalue weighted by atomic mass is 79.9. The third kappa shape index (κ3) is 3.96. The molecule has 2 N–H and O–H groups in total. The molecule has 0 atom stereocenters. The molecule has 0 radical (unpaired) electrons. The zero-order valence-corrected chi connectivity index (χ0v) is 13.3. The first-order valence-corrected chi connectivity index (χ1v) is 7.81. The van der Waals surface area contributed by atoms with Crippen LogP contribution in [0, 0.1) is 5.92 Å². The maximum atomic E-state index is 11.3. The SMILES string of the molecule is CN1CCC(CCNc2cccc(Br)c2C(=O)O)CC1. The van der Waals surface area contributed by atoms with E-state index in [1.807, 2.05) is 12.1 Å². The van der Waals surface area contributed by atoms with Gasteiger partial charge in [0.1, 0.15) is 0 Å². The van der Waals surface area contributed by atoms with Gasteiger partial charge in [0.05, 0.1) is 5.56 Å². The predicted octanol–water partition coefficient (Wildman–Crippen LogP) is 3.29. The number of piperidine rings is 1. The van der Waals surface area contributed by atoms with Gasteiger partial charge in [-0.15, -0.1) is 0 Å². The van der Waals surface area contributed by atoms with Crippen molar-refractivity contribution in [2.24, 2.45) is 5.92 Å². The summed E-state index contributed by atoms with van der Waals surface area (Å²) < 4.78 is 0.620. The van der Waals surface area contributed by atoms with Crippen LogP contribution in [0.15, 0.2) is 22.7 Å². The van der Waals surface area contributed by atoms with Crippen molar-refractivity contribution in [1.82, 2.24) is 4.90 Å². The Hall–Kier alpha value is -1.07. The van der Waals surface area contributed by atoms with Gasteiger partial charge in [-0.3, -0.25) is 0 Å². The Bertz CT molecular complexity index is 471. The molecule has 110 valence electrons. The van der Waals surface area contributed by atoms with Crippen LogP contribution in [0.4, 0.5) is 5.69 Å². The molecule has 20 heavy (non-hydrogen) atoms. The number of nitrogens with one attached hydrogen (secondary N) is 1. The van der Waals surface area contributed by atoms with Crippen molar-refractivity contribution in [3.8, 4) is 0 Å². The molecule has 1 aliphatic rings. The monoisotopic (exact) mass is 340 g/mol. The second-order valence-electron chi connectivity index (χ2n) is 5.43. The Morgan fingerprint density at radius 2 is 2.15 bits per heavy atom. The second-order valence-corrected chi connectivity index (χ2v) is 6.28. The Kier molecular flexibility index (Phi) is 5.43. The Morgan fingerprint density at radius 3 is 2.80 bits per heavy atom. The topological polar surface area (TPSA) is 52.6 Å². The molecule has 0 amide bonds. The molecule has 1 aromatic rings. The number of benzene rings is 1. The van der Waals surface area contributed by atoms with E-state index in [2.05, 4.69) is 33.2 Å². The number of hydrogen-bond donors (Lipinski definition) is 2. The lowest BCUT2D eigenvalue weighted by atomic mass is 9.94. The fourth-order valence-corrected chi connectivity index (χ4v) is 3.19. The van der Waals surface area contributed by atoms with Crippen molar-refractivity contribution in [3.63, 3.8) is 0 Å². The van der Waals surface area contributed by atoms with Gasteiger partial charge in [-0.05, 0) is 73.4 Å². The van der Waals surface area contributed by atoms with Gasteiger partial charge in [-0.2, -0.15) is 0 Å². The largest absolute Gasteiger partial charge is 0.478 e. The summed E-state index contributed by atoms with van der Waals surface area (Å²) in [5, 5.41) is 12.5. The number of likely N-dealkylation sites (tertiary alicyclic amines) is 1. The number of carboxylic acid groups (broad SMARTS) is 1. The Morgan fingerprint density at radius 1 is 1.45 bits per heavy atom. The van der Waals surface area contributed by atoms with Gasteiger partial charge >= 0.3 is 5.97 Å². The van der Waals surface area contributed by atoms with Crippen molar-refractivity contribution in [2.45, 2.75) is 19.3 Å². The minimum atomic E-state index is -0.903. The zero-order valence-electron chi connectivity index (χ0n) is 11.7. The molecule has 0 unspecified atom stereocenters. The molecule has 1 fully saturated rings. The lowest BCUT2D eigenvalue weighted by Crippen LogP contribution is -2.30. The van der Waals surface area contributed by atoms with Crippen LogP contribution >= 0.6 is 15.9 Å². The van der Waals surface area contributed by atoms with E-state index in [4.69, 9.17) is 0 Å². The molecular weight excluding hydrogens is 320 g/mol. The summed E-state index contributed by atoms with van der Waals surface area (Å²) in [6, 6.07) is 5.43. The number of rotatable bonds is 5. The summed E-state index contributed by atoms with van der Waals surface area (Å²) in [6.07, 6.45) is 3.57. The molecule has 1 saturated heterocycles. The summed E-state index contributed by atoms with van der Waals surface area (Å²) >= 11 is 3.30. The minimum absolute atomic E-state index is 0.316. The van der Waals surface area contributed by atoms with Crippen LogP contribution in [0.5, 0.6) is 0 Å². The molecule has 2 rings (SSSR count). The van der Waals surface area contributed by atoms with E-state index in [1.165, 1.54) is 25.9 Å². The molecular formula is C15H21BrN2O2. The fourth-order valence-electron chi connectivity index (χ4n) is 2.65. The van der Waals surface area contributed by atoms with E-state index in [0.29, 0.717) is 15.7 Å². The molecule has 1 aliphatic heterocycles. The van der Waals surface area contributed by atoms with E-state index in [9.17, 15) is 9.90 Å². The molecule has 1 aromatic carbocycles. The van der Waals surface area contributed by atoms with Gasteiger partial charge in [-0.1, -0.05) is 6.07 Å². The van der Waals surface area contributed by atoms with Crippen molar-refractivity contribution in [2.75, 3.05) is 32.0 Å². The second kappa shape index (κ2) is 7.09. The van der Waals surface area contributed by atoms with Crippen molar-refractivity contribution in [3.05, 3.63) is 28.2 Å². The van der Waals surface area contributed by atoms with E-state index < -0.39 is 5.97 Å². The number of hydrogen-bond acceptors (Lipinski definition) is 3. The fraction of sp³-hybridized carbons (Fsp3) is 0.533. The quantitative estimate of drug-likeness (QED) is 0.863. The molecule has 5 heteroatoms. The number of aromatic carboxylic acids is 1. The average molecular weight is 341 g/mol. The maximum absolute atomic E-state index is 11.3. The van der Waals surface area contributed by atoms with Crippen molar-refractivity contribution in [1.29, 1.82) is 0 Å². The van der Waals surface area contributed by atoms with Gasteiger partial charge in [0.25, 0.3) is 0 Å².